The van der Waals surface area contributed by atoms with Crippen LogP contribution < -0.4 is 14.4 Å². The molecule has 1 N–H and O–H groups in total. The second kappa shape index (κ2) is 8.04. The van der Waals surface area contributed by atoms with Gasteiger partial charge in [-0.2, -0.15) is 0 Å². The highest BCUT2D eigenvalue weighted by atomic mass is 16.5. The lowest BCUT2D eigenvalue weighted by Gasteiger charge is -2.34. The predicted molar refractivity (Wildman–Crippen MR) is 117 cm³/mol. The van der Waals surface area contributed by atoms with Crippen LogP contribution in [-0.4, -0.2) is 59.8 Å². The van der Waals surface area contributed by atoms with E-state index in [1.54, 1.807) is 4.90 Å². The summed E-state index contributed by atoms with van der Waals surface area (Å²) in [5.74, 6) is 2.78. The highest BCUT2D eigenvalue weighted by Gasteiger charge is 2.33. The number of β-amino-alcohol motifs (C(OH)–C–C–N with tert-alkyl or cyclic N) is 1. The maximum Gasteiger partial charge on any atom is 0.256 e. The summed E-state index contributed by atoms with van der Waals surface area (Å²) in [7, 11) is 0. The molecule has 3 aliphatic rings. The third-order valence-electron chi connectivity index (χ3n) is 6.73. The number of ether oxygens (including phenoxy) is 2. The Bertz CT molecular complexity index is 1010. The van der Waals surface area contributed by atoms with E-state index < -0.39 is 0 Å². The van der Waals surface area contributed by atoms with Crippen molar-refractivity contribution < 1.29 is 19.4 Å². The fourth-order valence-electron chi connectivity index (χ4n) is 4.86. The first kappa shape index (κ1) is 20.1. The first-order chi connectivity index (χ1) is 15.0. The number of nitrogens with zero attached hydrogens (tertiary/aromatic N) is 3. The first-order valence-corrected chi connectivity index (χ1v) is 11.1. The molecule has 31 heavy (non-hydrogen) atoms. The average molecular weight is 424 g/mol. The molecule has 7 heteroatoms. The SMILES string of the molecule is Cc1c(N2CCC(Oc3ccc4c(c3)OCC4)CC2)nc2c(c1C)C(=O)N(CCO)C2. The Hall–Kier alpha value is -2.80. The molecule has 1 amide bonds. The van der Waals surface area contributed by atoms with E-state index in [9.17, 15) is 9.90 Å². The van der Waals surface area contributed by atoms with Gasteiger partial charge in [-0.15, -0.1) is 0 Å². The standard InChI is InChI=1S/C24H29N3O4/c1-15-16(2)23(25-20-14-27(10-11-28)24(29)22(15)20)26-8-5-18(6-9-26)31-19-4-3-17-7-12-30-21(17)13-19/h3-4,13,18,28H,5-12,14H2,1-2H3. The van der Waals surface area contributed by atoms with E-state index >= 15 is 0 Å². The maximum absolute atomic E-state index is 12.7. The van der Waals surface area contributed by atoms with Gasteiger partial charge in [-0.25, -0.2) is 4.98 Å². The molecule has 0 spiro atoms. The van der Waals surface area contributed by atoms with Crippen molar-refractivity contribution in [3.63, 3.8) is 0 Å². The summed E-state index contributed by atoms with van der Waals surface area (Å²) >= 11 is 0. The van der Waals surface area contributed by atoms with Crippen molar-refractivity contribution in [2.24, 2.45) is 0 Å². The summed E-state index contributed by atoms with van der Waals surface area (Å²) < 4.78 is 11.9. The van der Waals surface area contributed by atoms with Crippen molar-refractivity contribution >= 4 is 11.7 Å². The summed E-state index contributed by atoms with van der Waals surface area (Å²) in [5, 5.41) is 9.24. The third kappa shape index (κ3) is 3.61. The molecule has 1 saturated heterocycles. The van der Waals surface area contributed by atoms with E-state index in [4.69, 9.17) is 14.5 Å². The molecule has 0 aliphatic carbocycles. The number of benzene rings is 1. The summed E-state index contributed by atoms with van der Waals surface area (Å²) in [6.45, 7) is 7.33. The zero-order chi connectivity index (χ0) is 21.5. The van der Waals surface area contributed by atoms with Gasteiger partial charge in [0, 0.05) is 45.0 Å². The van der Waals surface area contributed by atoms with Crippen molar-refractivity contribution in [3.05, 3.63) is 46.1 Å². The van der Waals surface area contributed by atoms with Crippen LogP contribution in [0.3, 0.4) is 0 Å². The number of piperidine rings is 1. The van der Waals surface area contributed by atoms with Crippen LogP contribution in [0.5, 0.6) is 11.5 Å². The number of rotatable bonds is 5. The lowest BCUT2D eigenvalue weighted by Crippen LogP contribution is -2.39. The summed E-state index contributed by atoms with van der Waals surface area (Å²) in [6.07, 6.45) is 2.99. The van der Waals surface area contributed by atoms with Gasteiger partial charge in [0.05, 0.1) is 31.0 Å². The molecule has 2 aromatic rings. The molecule has 1 fully saturated rings. The number of carbonyl (C=O) groups is 1. The molecule has 4 heterocycles. The Morgan fingerprint density at radius 1 is 1.23 bits per heavy atom. The number of hydrogen-bond acceptors (Lipinski definition) is 6. The molecular weight excluding hydrogens is 394 g/mol. The van der Waals surface area contributed by atoms with Crippen LogP contribution in [0.4, 0.5) is 5.82 Å². The Kier molecular flexibility index (Phi) is 5.22. The number of carbonyl (C=O) groups excluding carboxylic acids is 1. The Morgan fingerprint density at radius 3 is 2.81 bits per heavy atom. The number of hydrogen-bond donors (Lipinski definition) is 1. The molecule has 5 rings (SSSR count). The van der Waals surface area contributed by atoms with E-state index in [1.165, 1.54) is 5.56 Å². The van der Waals surface area contributed by atoms with Gasteiger partial charge in [0.25, 0.3) is 5.91 Å². The van der Waals surface area contributed by atoms with Crippen molar-refractivity contribution in [2.75, 3.05) is 37.7 Å². The number of pyridine rings is 1. The lowest BCUT2D eigenvalue weighted by atomic mass is 10.0. The Labute approximate surface area is 182 Å². The van der Waals surface area contributed by atoms with E-state index in [1.807, 2.05) is 26.0 Å². The van der Waals surface area contributed by atoms with Crippen LogP contribution >= 0.6 is 0 Å². The quantitative estimate of drug-likeness (QED) is 0.797. The molecule has 164 valence electrons. The maximum atomic E-state index is 12.7. The molecule has 0 radical (unpaired) electrons. The predicted octanol–water partition coefficient (Wildman–Crippen LogP) is 2.63. The zero-order valence-corrected chi connectivity index (χ0v) is 18.2. The van der Waals surface area contributed by atoms with E-state index in [2.05, 4.69) is 11.0 Å². The molecule has 1 aromatic carbocycles. The van der Waals surface area contributed by atoms with E-state index in [0.717, 1.165) is 73.1 Å². The van der Waals surface area contributed by atoms with Crippen LogP contribution in [-0.2, 0) is 13.0 Å². The number of aromatic nitrogens is 1. The van der Waals surface area contributed by atoms with Gasteiger partial charge in [-0.3, -0.25) is 4.79 Å². The largest absolute Gasteiger partial charge is 0.493 e. The monoisotopic (exact) mass is 423 g/mol. The van der Waals surface area contributed by atoms with Crippen molar-refractivity contribution in [1.29, 1.82) is 0 Å². The molecule has 3 aliphatic heterocycles. The minimum atomic E-state index is -0.0333. The molecule has 7 nitrogen and oxygen atoms in total. The first-order valence-electron chi connectivity index (χ1n) is 11.1. The topological polar surface area (TPSA) is 75.1 Å². The van der Waals surface area contributed by atoms with Crippen LogP contribution in [0.2, 0.25) is 0 Å². The number of fused-ring (bicyclic) bond motifs is 2. The minimum absolute atomic E-state index is 0.0193. The van der Waals surface area contributed by atoms with Crippen LogP contribution in [0, 0.1) is 13.8 Å². The highest BCUT2D eigenvalue weighted by Crippen LogP contribution is 2.34. The number of aliphatic hydroxyl groups excluding tert-OH is 1. The smallest absolute Gasteiger partial charge is 0.256 e. The normalized spacial score (nSPS) is 18.2. The third-order valence-corrected chi connectivity index (χ3v) is 6.73. The lowest BCUT2D eigenvalue weighted by molar-refractivity contribution is 0.0744. The number of amides is 1. The van der Waals surface area contributed by atoms with Crippen molar-refractivity contribution in [3.8, 4) is 11.5 Å². The van der Waals surface area contributed by atoms with Crippen LogP contribution in [0.15, 0.2) is 18.2 Å². The Morgan fingerprint density at radius 2 is 2.03 bits per heavy atom. The Balaban J connectivity index is 1.27. The second-order valence-electron chi connectivity index (χ2n) is 8.63. The number of anilines is 1. The molecule has 0 bridgehead atoms. The van der Waals surface area contributed by atoms with Crippen molar-refractivity contribution in [1.82, 2.24) is 9.88 Å². The van der Waals surface area contributed by atoms with Gasteiger partial charge in [-0.05, 0) is 36.6 Å². The van der Waals surface area contributed by atoms with Gasteiger partial charge >= 0.3 is 0 Å². The summed E-state index contributed by atoms with van der Waals surface area (Å²) in [5.41, 5.74) is 4.86. The van der Waals surface area contributed by atoms with E-state index in [-0.39, 0.29) is 18.6 Å². The minimum Gasteiger partial charge on any atom is -0.493 e. The summed E-state index contributed by atoms with van der Waals surface area (Å²) in [6, 6.07) is 6.17. The fourth-order valence-corrected chi connectivity index (χ4v) is 4.86. The van der Waals surface area contributed by atoms with Crippen molar-refractivity contribution in [2.45, 2.75) is 45.8 Å². The van der Waals surface area contributed by atoms with Crippen LogP contribution in [0.25, 0.3) is 0 Å². The molecule has 0 atom stereocenters. The van der Waals surface area contributed by atoms with Gasteiger partial charge in [0.15, 0.2) is 0 Å². The highest BCUT2D eigenvalue weighted by molar-refractivity contribution is 6.00. The molecule has 1 aromatic heterocycles. The zero-order valence-electron chi connectivity index (χ0n) is 18.2. The van der Waals surface area contributed by atoms with E-state index in [0.29, 0.717) is 18.7 Å². The average Bonchev–Trinajstić information content (AvgIpc) is 3.36. The van der Waals surface area contributed by atoms with Crippen LogP contribution in [0.1, 0.15) is 45.6 Å². The molecule has 0 saturated carbocycles. The van der Waals surface area contributed by atoms with Gasteiger partial charge in [0.1, 0.15) is 23.4 Å². The molecular formula is C24H29N3O4. The van der Waals surface area contributed by atoms with Gasteiger partial charge in [0.2, 0.25) is 0 Å². The second-order valence-corrected chi connectivity index (χ2v) is 8.63. The molecule has 0 unspecified atom stereocenters. The summed E-state index contributed by atoms with van der Waals surface area (Å²) in [4.78, 5) is 21.6. The van der Waals surface area contributed by atoms with Gasteiger partial charge < -0.3 is 24.4 Å². The fraction of sp³-hybridized carbons (Fsp3) is 0.500. The number of aliphatic hydroxyl groups is 1. The van der Waals surface area contributed by atoms with Gasteiger partial charge in [-0.1, -0.05) is 6.07 Å².